The van der Waals surface area contributed by atoms with Gasteiger partial charge in [-0.25, -0.2) is 0 Å². The third kappa shape index (κ3) is 1.64. The van der Waals surface area contributed by atoms with Crippen LogP contribution >= 0.6 is 11.6 Å². The summed E-state index contributed by atoms with van der Waals surface area (Å²) in [5, 5.41) is 3.04. The Morgan fingerprint density at radius 1 is 1.50 bits per heavy atom. The number of benzene rings is 1. The Hall–Kier alpha value is -0.690. The predicted molar refractivity (Wildman–Crippen MR) is 45.5 cm³/mol. The first-order valence-corrected chi connectivity index (χ1v) is 3.73. The second-order valence-corrected chi connectivity index (χ2v) is 2.35. The molecular formula is C8H10ClN. The van der Waals surface area contributed by atoms with Crippen LogP contribution in [0.15, 0.2) is 24.3 Å². The van der Waals surface area contributed by atoms with Crippen molar-refractivity contribution in [2.24, 2.45) is 0 Å². The van der Waals surface area contributed by atoms with E-state index in [1.165, 1.54) is 0 Å². The summed E-state index contributed by atoms with van der Waals surface area (Å²) < 4.78 is 0. The summed E-state index contributed by atoms with van der Waals surface area (Å²) in [5.74, 6) is 0.579. The number of rotatable bonds is 2. The highest BCUT2D eigenvalue weighted by atomic mass is 35.5. The van der Waals surface area contributed by atoms with E-state index in [2.05, 4.69) is 5.32 Å². The molecule has 0 aliphatic heterocycles. The van der Waals surface area contributed by atoms with Gasteiger partial charge >= 0.3 is 0 Å². The minimum atomic E-state index is 0.579. The summed E-state index contributed by atoms with van der Waals surface area (Å²) >= 11 is 5.63. The Morgan fingerprint density at radius 2 is 2.30 bits per heavy atom. The highest BCUT2D eigenvalue weighted by Gasteiger charge is 1.89. The number of hydrogen-bond donors (Lipinski definition) is 1. The van der Waals surface area contributed by atoms with Gasteiger partial charge in [-0.2, -0.15) is 0 Å². The molecular weight excluding hydrogens is 146 g/mol. The second kappa shape index (κ2) is 3.47. The Bertz CT molecular complexity index is 191. The van der Waals surface area contributed by atoms with Crippen LogP contribution < -0.4 is 5.32 Å². The zero-order valence-corrected chi connectivity index (χ0v) is 6.65. The fourth-order valence-electron chi connectivity index (χ4n) is 0.810. The quantitative estimate of drug-likeness (QED) is 0.647. The second-order valence-electron chi connectivity index (χ2n) is 2.08. The minimum Gasteiger partial charge on any atom is -0.388 e. The lowest BCUT2D eigenvalue weighted by molar-refractivity contribution is 1.38. The summed E-state index contributed by atoms with van der Waals surface area (Å²) in [4.78, 5) is 0. The van der Waals surface area contributed by atoms with Crippen LogP contribution in [-0.4, -0.2) is 7.05 Å². The van der Waals surface area contributed by atoms with Crippen molar-refractivity contribution in [2.45, 2.75) is 5.88 Å². The molecule has 0 radical (unpaired) electrons. The van der Waals surface area contributed by atoms with E-state index in [0.29, 0.717) is 5.88 Å². The molecule has 54 valence electrons. The average molecular weight is 156 g/mol. The largest absolute Gasteiger partial charge is 0.388 e. The van der Waals surface area contributed by atoms with Crippen LogP contribution in [0.2, 0.25) is 0 Å². The molecule has 0 unspecified atom stereocenters. The van der Waals surface area contributed by atoms with Crippen molar-refractivity contribution in [1.29, 1.82) is 0 Å². The van der Waals surface area contributed by atoms with Crippen molar-refractivity contribution in [3.05, 3.63) is 29.8 Å². The molecule has 0 aromatic heterocycles. The molecule has 1 aromatic rings. The van der Waals surface area contributed by atoms with Crippen molar-refractivity contribution in [2.75, 3.05) is 12.4 Å². The minimum absolute atomic E-state index is 0.579. The lowest BCUT2D eigenvalue weighted by atomic mass is 10.2. The van der Waals surface area contributed by atoms with Crippen molar-refractivity contribution in [3.63, 3.8) is 0 Å². The Kier molecular flexibility index (Phi) is 2.57. The van der Waals surface area contributed by atoms with Crippen LogP contribution in [-0.2, 0) is 5.88 Å². The number of anilines is 1. The molecule has 0 aliphatic rings. The first kappa shape index (κ1) is 7.42. The number of nitrogens with one attached hydrogen (secondary N) is 1. The van der Waals surface area contributed by atoms with Gasteiger partial charge in [0, 0.05) is 18.6 Å². The van der Waals surface area contributed by atoms with Crippen LogP contribution in [0.5, 0.6) is 0 Å². The highest BCUT2D eigenvalue weighted by Crippen LogP contribution is 2.10. The standard InChI is InChI=1S/C8H10ClN/c1-10-8-4-2-3-7(5-8)6-9/h2-5,10H,6H2,1H3. The molecule has 1 N–H and O–H groups in total. The van der Waals surface area contributed by atoms with Gasteiger partial charge in [-0.15, -0.1) is 11.6 Å². The van der Waals surface area contributed by atoms with Gasteiger partial charge in [0.05, 0.1) is 0 Å². The third-order valence-corrected chi connectivity index (χ3v) is 1.68. The van der Waals surface area contributed by atoms with Crippen molar-refractivity contribution >= 4 is 17.3 Å². The van der Waals surface area contributed by atoms with Gasteiger partial charge in [0.1, 0.15) is 0 Å². The van der Waals surface area contributed by atoms with E-state index in [9.17, 15) is 0 Å². The maximum Gasteiger partial charge on any atom is 0.0474 e. The van der Waals surface area contributed by atoms with E-state index in [4.69, 9.17) is 11.6 Å². The van der Waals surface area contributed by atoms with Crippen LogP contribution in [0, 0.1) is 0 Å². The molecule has 0 heterocycles. The smallest absolute Gasteiger partial charge is 0.0474 e. The number of alkyl halides is 1. The molecule has 2 heteroatoms. The lowest BCUT2D eigenvalue weighted by Crippen LogP contribution is -1.87. The molecule has 1 aromatic carbocycles. The Morgan fingerprint density at radius 3 is 2.90 bits per heavy atom. The molecule has 0 atom stereocenters. The molecule has 0 amide bonds. The van der Waals surface area contributed by atoms with Gasteiger partial charge < -0.3 is 5.32 Å². The van der Waals surface area contributed by atoms with E-state index < -0.39 is 0 Å². The summed E-state index contributed by atoms with van der Waals surface area (Å²) in [6.07, 6.45) is 0. The first-order valence-electron chi connectivity index (χ1n) is 3.19. The van der Waals surface area contributed by atoms with Crippen molar-refractivity contribution in [3.8, 4) is 0 Å². The summed E-state index contributed by atoms with van der Waals surface area (Å²) in [6.45, 7) is 0. The van der Waals surface area contributed by atoms with Crippen LogP contribution in [0.3, 0.4) is 0 Å². The van der Waals surface area contributed by atoms with E-state index in [1.807, 2.05) is 31.3 Å². The summed E-state index contributed by atoms with van der Waals surface area (Å²) in [5.41, 5.74) is 2.26. The van der Waals surface area contributed by atoms with E-state index >= 15 is 0 Å². The van der Waals surface area contributed by atoms with Gasteiger partial charge in [0.2, 0.25) is 0 Å². The van der Waals surface area contributed by atoms with Crippen molar-refractivity contribution in [1.82, 2.24) is 0 Å². The number of hydrogen-bond acceptors (Lipinski definition) is 1. The first-order chi connectivity index (χ1) is 4.86. The zero-order valence-electron chi connectivity index (χ0n) is 5.89. The number of halogens is 1. The highest BCUT2D eigenvalue weighted by molar-refractivity contribution is 6.17. The van der Waals surface area contributed by atoms with Crippen LogP contribution in [0.25, 0.3) is 0 Å². The third-order valence-electron chi connectivity index (χ3n) is 1.37. The molecule has 1 rings (SSSR count). The molecule has 1 nitrogen and oxygen atoms in total. The Labute approximate surface area is 66.0 Å². The van der Waals surface area contributed by atoms with Crippen LogP contribution in [0.4, 0.5) is 5.69 Å². The molecule has 0 bridgehead atoms. The summed E-state index contributed by atoms with van der Waals surface area (Å²) in [6, 6.07) is 8.04. The fraction of sp³-hybridized carbons (Fsp3) is 0.250. The maximum atomic E-state index is 5.63. The van der Waals surface area contributed by atoms with Gasteiger partial charge in [-0.1, -0.05) is 12.1 Å². The molecule has 0 fully saturated rings. The van der Waals surface area contributed by atoms with E-state index in [0.717, 1.165) is 11.3 Å². The van der Waals surface area contributed by atoms with Gasteiger partial charge in [0.15, 0.2) is 0 Å². The van der Waals surface area contributed by atoms with E-state index in [-0.39, 0.29) is 0 Å². The molecule has 10 heavy (non-hydrogen) atoms. The van der Waals surface area contributed by atoms with Crippen molar-refractivity contribution < 1.29 is 0 Å². The maximum absolute atomic E-state index is 5.63. The van der Waals surface area contributed by atoms with Gasteiger partial charge in [-0.05, 0) is 17.7 Å². The Balaban J connectivity index is 2.87. The van der Waals surface area contributed by atoms with Gasteiger partial charge in [0.25, 0.3) is 0 Å². The zero-order chi connectivity index (χ0) is 7.40. The van der Waals surface area contributed by atoms with Crippen LogP contribution in [0.1, 0.15) is 5.56 Å². The lowest BCUT2D eigenvalue weighted by Gasteiger charge is -2.00. The SMILES string of the molecule is CNc1cccc(CCl)c1. The fourth-order valence-corrected chi connectivity index (χ4v) is 0.976. The molecule has 0 aliphatic carbocycles. The molecule has 0 saturated heterocycles. The monoisotopic (exact) mass is 155 g/mol. The predicted octanol–water partition coefficient (Wildman–Crippen LogP) is 2.47. The molecule has 0 saturated carbocycles. The molecule has 0 spiro atoms. The topological polar surface area (TPSA) is 12.0 Å². The van der Waals surface area contributed by atoms with Gasteiger partial charge in [-0.3, -0.25) is 0 Å². The average Bonchev–Trinajstić information content (AvgIpc) is 2.05. The summed E-state index contributed by atoms with van der Waals surface area (Å²) in [7, 11) is 1.90. The van der Waals surface area contributed by atoms with E-state index in [1.54, 1.807) is 0 Å². The normalized spacial score (nSPS) is 9.40.